The van der Waals surface area contributed by atoms with Crippen molar-refractivity contribution in [2.24, 2.45) is 5.92 Å². The molecular formula is C13H21N3S. The standard InChI is InChI=1S/C13H21N3S/c1-2-13(1)16(8-12-9-17-10-15-12)7-11-3-5-14-6-4-11/h9-11,13-14H,1-8H2. The average molecular weight is 251 g/mol. The van der Waals surface area contributed by atoms with Crippen molar-refractivity contribution >= 4 is 11.3 Å². The van der Waals surface area contributed by atoms with Crippen molar-refractivity contribution in [1.82, 2.24) is 15.2 Å². The highest BCUT2D eigenvalue weighted by atomic mass is 32.1. The van der Waals surface area contributed by atoms with E-state index < -0.39 is 0 Å². The van der Waals surface area contributed by atoms with Crippen molar-refractivity contribution in [3.05, 3.63) is 16.6 Å². The highest BCUT2D eigenvalue weighted by Crippen LogP contribution is 2.30. The lowest BCUT2D eigenvalue weighted by molar-refractivity contribution is 0.189. The van der Waals surface area contributed by atoms with Gasteiger partial charge < -0.3 is 5.32 Å². The minimum absolute atomic E-state index is 0.853. The molecule has 1 aromatic rings. The van der Waals surface area contributed by atoms with E-state index in [2.05, 4.69) is 20.6 Å². The normalized spacial score (nSPS) is 22.2. The maximum atomic E-state index is 4.42. The van der Waals surface area contributed by atoms with Crippen LogP contribution in [0.2, 0.25) is 0 Å². The van der Waals surface area contributed by atoms with Crippen LogP contribution in [-0.2, 0) is 6.54 Å². The van der Waals surface area contributed by atoms with Crippen molar-refractivity contribution < 1.29 is 0 Å². The molecule has 0 atom stereocenters. The molecule has 2 fully saturated rings. The second-order valence-electron chi connectivity index (χ2n) is 5.33. The van der Waals surface area contributed by atoms with E-state index >= 15 is 0 Å². The zero-order valence-electron chi connectivity index (χ0n) is 10.3. The van der Waals surface area contributed by atoms with E-state index in [1.54, 1.807) is 11.3 Å². The average Bonchev–Trinajstić information content (AvgIpc) is 3.09. The van der Waals surface area contributed by atoms with E-state index in [0.29, 0.717) is 0 Å². The predicted molar refractivity (Wildman–Crippen MR) is 71.1 cm³/mol. The van der Waals surface area contributed by atoms with E-state index in [0.717, 1.165) is 18.5 Å². The summed E-state index contributed by atoms with van der Waals surface area (Å²) in [6, 6.07) is 0.853. The van der Waals surface area contributed by atoms with Gasteiger partial charge in [-0.3, -0.25) is 4.90 Å². The Morgan fingerprint density at radius 1 is 1.29 bits per heavy atom. The number of hydrogen-bond acceptors (Lipinski definition) is 4. The van der Waals surface area contributed by atoms with Crippen LogP contribution in [0.4, 0.5) is 0 Å². The Morgan fingerprint density at radius 3 is 2.76 bits per heavy atom. The highest BCUT2D eigenvalue weighted by Gasteiger charge is 2.31. The quantitative estimate of drug-likeness (QED) is 0.869. The summed E-state index contributed by atoms with van der Waals surface area (Å²) < 4.78 is 0. The first-order valence-corrected chi connectivity index (χ1v) is 7.68. The fraction of sp³-hybridized carbons (Fsp3) is 0.769. The van der Waals surface area contributed by atoms with E-state index in [-0.39, 0.29) is 0 Å². The van der Waals surface area contributed by atoms with Crippen molar-refractivity contribution in [3.63, 3.8) is 0 Å². The molecule has 0 radical (unpaired) electrons. The van der Waals surface area contributed by atoms with Crippen LogP contribution in [0.5, 0.6) is 0 Å². The third-order valence-electron chi connectivity index (χ3n) is 3.86. The van der Waals surface area contributed by atoms with Gasteiger partial charge in [-0.1, -0.05) is 0 Å². The Balaban J connectivity index is 1.56. The van der Waals surface area contributed by atoms with Gasteiger partial charge in [0, 0.05) is 24.5 Å². The van der Waals surface area contributed by atoms with Crippen LogP contribution < -0.4 is 5.32 Å². The number of nitrogens with one attached hydrogen (secondary N) is 1. The topological polar surface area (TPSA) is 28.2 Å². The molecule has 4 heteroatoms. The molecule has 3 nitrogen and oxygen atoms in total. The lowest BCUT2D eigenvalue weighted by Crippen LogP contribution is -2.37. The minimum atomic E-state index is 0.853. The van der Waals surface area contributed by atoms with E-state index in [4.69, 9.17) is 0 Å². The smallest absolute Gasteiger partial charge is 0.0795 e. The molecule has 1 aliphatic carbocycles. The number of aromatic nitrogens is 1. The maximum absolute atomic E-state index is 4.42. The minimum Gasteiger partial charge on any atom is -0.317 e. The molecule has 0 amide bonds. The van der Waals surface area contributed by atoms with Crippen LogP contribution in [0.25, 0.3) is 0 Å². The molecular weight excluding hydrogens is 230 g/mol. The van der Waals surface area contributed by atoms with Gasteiger partial charge in [0.15, 0.2) is 0 Å². The molecule has 1 saturated heterocycles. The summed E-state index contributed by atoms with van der Waals surface area (Å²) in [4.78, 5) is 7.10. The van der Waals surface area contributed by atoms with Crippen molar-refractivity contribution in [1.29, 1.82) is 0 Å². The molecule has 1 aromatic heterocycles. The second kappa shape index (κ2) is 5.46. The molecule has 0 aromatic carbocycles. The Morgan fingerprint density at radius 2 is 2.12 bits per heavy atom. The van der Waals surface area contributed by atoms with E-state index in [9.17, 15) is 0 Å². The maximum Gasteiger partial charge on any atom is 0.0795 e. The van der Waals surface area contributed by atoms with Crippen LogP contribution in [0.3, 0.4) is 0 Å². The molecule has 1 saturated carbocycles. The first-order chi connectivity index (χ1) is 8.42. The van der Waals surface area contributed by atoms with E-state index in [1.165, 1.54) is 51.0 Å². The fourth-order valence-electron chi connectivity index (χ4n) is 2.70. The number of thiazole rings is 1. The van der Waals surface area contributed by atoms with Gasteiger partial charge in [-0.2, -0.15) is 0 Å². The van der Waals surface area contributed by atoms with Crippen LogP contribution in [0, 0.1) is 5.92 Å². The summed E-state index contributed by atoms with van der Waals surface area (Å²) in [5, 5.41) is 5.64. The Labute approximate surface area is 107 Å². The molecule has 0 unspecified atom stereocenters. The highest BCUT2D eigenvalue weighted by molar-refractivity contribution is 7.07. The summed E-state index contributed by atoms with van der Waals surface area (Å²) in [7, 11) is 0. The summed E-state index contributed by atoms with van der Waals surface area (Å²) in [5.74, 6) is 0.899. The molecule has 2 heterocycles. The second-order valence-corrected chi connectivity index (χ2v) is 6.05. The molecule has 94 valence electrons. The molecule has 0 spiro atoms. The van der Waals surface area contributed by atoms with Crippen LogP contribution >= 0.6 is 11.3 Å². The van der Waals surface area contributed by atoms with Gasteiger partial charge in [0.25, 0.3) is 0 Å². The summed E-state index contributed by atoms with van der Waals surface area (Å²) in [6.07, 6.45) is 5.49. The number of nitrogens with zero attached hydrogens (tertiary/aromatic N) is 2. The monoisotopic (exact) mass is 251 g/mol. The molecule has 1 aliphatic heterocycles. The summed E-state index contributed by atoms with van der Waals surface area (Å²) in [6.45, 7) is 4.77. The fourth-order valence-corrected chi connectivity index (χ4v) is 3.25. The lowest BCUT2D eigenvalue weighted by Gasteiger charge is -2.29. The summed E-state index contributed by atoms with van der Waals surface area (Å²) in [5.41, 5.74) is 3.21. The number of piperidine rings is 1. The molecule has 1 N–H and O–H groups in total. The Kier molecular flexibility index (Phi) is 3.74. The van der Waals surface area contributed by atoms with Crippen LogP contribution in [0.15, 0.2) is 10.9 Å². The SMILES string of the molecule is c1nc(CN(CC2CCNCC2)C2CC2)cs1. The number of rotatable bonds is 5. The van der Waals surface area contributed by atoms with Gasteiger partial charge in [0.2, 0.25) is 0 Å². The molecule has 17 heavy (non-hydrogen) atoms. The number of hydrogen-bond donors (Lipinski definition) is 1. The predicted octanol–water partition coefficient (Wildman–Crippen LogP) is 2.11. The Bertz CT molecular complexity index is 328. The van der Waals surface area contributed by atoms with E-state index in [1.807, 2.05) is 5.51 Å². The lowest BCUT2D eigenvalue weighted by atomic mass is 9.97. The van der Waals surface area contributed by atoms with Gasteiger partial charge in [-0.25, -0.2) is 4.98 Å². The third-order valence-corrected chi connectivity index (χ3v) is 4.50. The van der Waals surface area contributed by atoms with Crippen LogP contribution in [0.1, 0.15) is 31.4 Å². The van der Waals surface area contributed by atoms with Crippen molar-refractivity contribution in [3.8, 4) is 0 Å². The molecule has 0 bridgehead atoms. The zero-order valence-corrected chi connectivity index (χ0v) is 11.1. The largest absolute Gasteiger partial charge is 0.317 e. The van der Waals surface area contributed by atoms with Gasteiger partial charge in [-0.05, 0) is 44.7 Å². The van der Waals surface area contributed by atoms with Crippen LogP contribution in [-0.4, -0.2) is 35.6 Å². The molecule has 3 rings (SSSR count). The van der Waals surface area contributed by atoms with Gasteiger partial charge in [0.05, 0.1) is 11.2 Å². The zero-order chi connectivity index (χ0) is 11.5. The third kappa shape index (κ3) is 3.27. The first kappa shape index (κ1) is 11.6. The van der Waals surface area contributed by atoms with Crippen molar-refractivity contribution in [2.45, 2.75) is 38.3 Å². The van der Waals surface area contributed by atoms with Gasteiger partial charge >= 0.3 is 0 Å². The molecule has 2 aliphatic rings. The Hall–Kier alpha value is -0.450. The van der Waals surface area contributed by atoms with Gasteiger partial charge in [0.1, 0.15) is 0 Å². The van der Waals surface area contributed by atoms with Gasteiger partial charge in [-0.15, -0.1) is 11.3 Å². The summed E-state index contributed by atoms with van der Waals surface area (Å²) >= 11 is 1.71. The first-order valence-electron chi connectivity index (χ1n) is 6.73. The van der Waals surface area contributed by atoms with Crippen molar-refractivity contribution in [2.75, 3.05) is 19.6 Å².